The summed E-state index contributed by atoms with van der Waals surface area (Å²) in [5, 5.41) is 2.66. The lowest BCUT2D eigenvalue weighted by Gasteiger charge is -2.34. The average Bonchev–Trinajstić information content (AvgIpc) is 2.78. The van der Waals surface area contributed by atoms with Crippen LogP contribution in [0.3, 0.4) is 0 Å². The maximum atomic E-state index is 13.4. The van der Waals surface area contributed by atoms with Crippen LogP contribution in [0.1, 0.15) is 37.6 Å². The molecule has 0 spiro atoms. The molecule has 3 atom stereocenters. The second-order valence-electron chi connectivity index (χ2n) is 8.54. The summed E-state index contributed by atoms with van der Waals surface area (Å²) >= 11 is 0. The summed E-state index contributed by atoms with van der Waals surface area (Å²) in [6.07, 6.45) is -0.123. The van der Waals surface area contributed by atoms with E-state index in [0.29, 0.717) is 18.8 Å². The van der Waals surface area contributed by atoms with Crippen LogP contribution in [0.15, 0.2) is 53.4 Å². The summed E-state index contributed by atoms with van der Waals surface area (Å²) in [6, 6.07) is 12.9. The van der Waals surface area contributed by atoms with Crippen molar-refractivity contribution in [3.63, 3.8) is 0 Å². The van der Waals surface area contributed by atoms with Crippen LogP contribution in [-0.2, 0) is 19.6 Å². The van der Waals surface area contributed by atoms with Crippen molar-refractivity contribution in [3.8, 4) is 5.75 Å². The van der Waals surface area contributed by atoms with Gasteiger partial charge in [-0.2, -0.15) is 4.31 Å². The molecule has 33 heavy (non-hydrogen) atoms. The van der Waals surface area contributed by atoms with Crippen molar-refractivity contribution in [1.82, 2.24) is 4.31 Å². The minimum atomic E-state index is -3.89. The van der Waals surface area contributed by atoms with E-state index in [1.807, 2.05) is 19.9 Å². The van der Waals surface area contributed by atoms with Gasteiger partial charge in [-0.25, -0.2) is 13.2 Å². The first-order chi connectivity index (χ1) is 15.6. The molecule has 3 unspecified atom stereocenters. The predicted octanol–water partition coefficient (Wildman–Crippen LogP) is 3.55. The minimum absolute atomic E-state index is 0.0202. The van der Waals surface area contributed by atoms with E-state index in [9.17, 15) is 18.0 Å². The van der Waals surface area contributed by atoms with E-state index in [-0.39, 0.29) is 28.0 Å². The zero-order valence-corrected chi connectivity index (χ0v) is 20.1. The maximum Gasteiger partial charge on any atom is 0.338 e. The highest BCUT2D eigenvalue weighted by Gasteiger charge is 2.34. The van der Waals surface area contributed by atoms with Crippen molar-refractivity contribution in [1.29, 1.82) is 0 Å². The van der Waals surface area contributed by atoms with Gasteiger partial charge in [-0.3, -0.25) is 4.79 Å². The van der Waals surface area contributed by atoms with Gasteiger partial charge < -0.3 is 14.8 Å². The fourth-order valence-electron chi connectivity index (χ4n) is 3.99. The van der Waals surface area contributed by atoms with Crippen LogP contribution in [0.4, 0.5) is 5.69 Å². The van der Waals surface area contributed by atoms with Gasteiger partial charge in [0.05, 0.1) is 12.7 Å². The zero-order chi connectivity index (χ0) is 24.2. The summed E-state index contributed by atoms with van der Waals surface area (Å²) in [6.45, 7) is 6.30. The number of amides is 1. The van der Waals surface area contributed by atoms with Gasteiger partial charge >= 0.3 is 5.97 Å². The van der Waals surface area contributed by atoms with Crippen molar-refractivity contribution >= 4 is 27.6 Å². The highest BCUT2D eigenvalue weighted by atomic mass is 32.2. The van der Waals surface area contributed by atoms with Crippen molar-refractivity contribution in [2.24, 2.45) is 11.8 Å². The van der Waals surface area contributed by atoms with E-state index < -0.39 is 28.0 Å². The Kier molecular flexibility index (Phi) is 7.76. The van der Waals surface area contributed by atoms with E-state index >= 15 is 0 Å². The molecule has 0 aromatic heterocycles. The molecule has 0 aliphatic carbocycles. The number of rotatable bonds is 7. The number of carbonyl (C=O) groups is 2. The van der Waals surface area contributed by atoms with Crippen LogP contribution < -0.4 is 10.1 Å². The molecule has 0 bridgehead atoms. The van der Waals surface area contributed by atoms with Gasteiger partial charge in [0.25, 0.3) is 5.91 Å². The number of nitrogens with zero attached hydrogens (tertiary/aromatic N) is 1. The molecule has 1 N–H and O–H groups in total. The first-order valence-corrected chi connectivity index (χ1v) is 12.3. The number of ether oxygens (including phenoxy) is 2. The van der Waals surface area contributed by atoms with Crippen molar-refractivity contribution < 1.29 is 27.5 Å². The molecule has 1 amide bonds. The van der Waals surface area contributed by atoms with E-state index in [0.717, 1.165) is 6.42 Å². The number of nitrogens with one attached hydrogen (secondary N) is 1. The molecule has 1 aliphatic heterocycles. The molecule has 1 heterocycles. The standard InChI is InChI=1S/C24H30N2O6S/c1-16-12-17(2)15-26(14-16)33(29,30)22-13-19(10-11-21(22)31-4)24(28)32-18(3)23(27)25-20-8-6-5-7-9-20/h5-11,13,16-18H,12,14-15H2,1-4H3,(H,25,27). The molecule has 2 aromatic carbocycles. The Morgan fingerprint density at radius 3 is 2.30 bits per heavy atom. The highest BCUT2D eigenvalue weighted by molar-refractivity contribution is 7.89. The van der Waals surface area contributed by atoms with Crippen LogP contribution in [0.25, 0.3) is 0 Å². The van der Waals surface area contributed by atoms with E-state index in [1.54, 1.807) is 24.3 Å². The van der Waals surface area contributed by atoms with Gasteiger partial charge in [-0.05, 0) is 55.5 Å². The SMILES string of the molecule is COc1ccc(C(=O)OC(C)C(=O)Nc2ccccc2)cc1S(=O)(=O)N1CC(C)CC(C)C1. The second kappa shape index (κ2) is 10.4. The molecular weight excluding hydrogens is 444 g/mol. The molecule has 0 radical (unpaired) electrons. The quantitative estimate of drug-likeness (QED) is 0.616. The normalized spacial score (nSPS) is 20.0. The number of para-hydroxylation sites is 1. The van der Waals surface area contributed by atoms with Gasteiger partial charge in [0.15, 0.2) is 6.10 Å². The summed E-state index contributed by atoms with van der Waals surface area (Å²) in [5.41, 5.74) is 0.597. The van der Waals surface area contributed by atoms with Crippen molar-refractivity contribution in [3.05, 3.63) is 54.1 Å². The molecule has 1 aliphatic rings. The Hall–Kier alpha value is -2.91. The maximum absolute atomic E-state index is 13.4. The zero-order valence-electron chi connectivity index (χ0n) is 19.3. The van der Waals surface area contributed by atoms with Gasteiger partial charge in [0, 0.05) is 18.8 Å². The molecule has 0 saturated carbocycles. The first-order valence-electron chi connectivity index (χ1n) is 10.9. The smallest absolute Gasteiger partial charge is 0.338 e. The third kappa shape index (κ3) is 5.91. The number of anilines is 1. The number of esters is 1. The molecule has 178 valence electrons. The van der Waals surface area contributed by atoms with E-state index in [4.69, 9.17) is 9.47 Å². The fourth-order valence-corrected chi connectivity index (χ4v) is 5.85. The van der Waals surface area contributed by atoms with Crippen LogP contribution in [0, 0.1) is 11.8 Å². The summed E-state index contributed by atoms with van der Waals surface area (Å²) in [5.74, 6) is -0.692. The highest BCUT2D eigenvalue weighted by Crippen LogP contribution is 2.32. The summed E-state index contributed by atoms with van der Waals surface area (Å²) in [7, 11) is -2.51. The summed E-state index contributed by atoms with van der Waals surface area (Å²) < 4.78 is 38.8. The number of sulfonamides is 1. The lowest BCUT2D eigenvalue weighted by molar-refractivity contribution is -0.123. The Labute approximate surface area is 194 Å². The number of piperidine rings is 1. The number of carbonyl (C=O) groups excluding carboxylic acids is 2. The Morgan fingerprint density at radius 1 is 1.06 bits per heavy atom. The van der Waals surface area contributed by atoms with Crippen molar-refractivity contribution in [2.45, 2.75) is 38.2 Å². The van der Waals surface area contributed by atoms with Crippen molar-refractivity contribution in [2.75, 3.05) is 25.5 Å². The summed E-state index contributed by atoms with van der Waals surface area (Å²) in [4.78, 5) is 25.0. The van der Waals surface area contributed by atoms with E-state index in [1.165, 1.54) is 36.5 Å². The fraction of sp³-hybridized carbons (Fsp3) is 0.417. The average molecular weight is 475 g/mol. The number of hydrogen-bond donors (Lipinski definition) is 1. The second-order valence-corrected chi connectivity index (χ2v) is 10.4. The van der Waals surface area contributed by atoms with Gasteiger partial charge in [0.2, 0.25) is 10.0 Å². The Bertz CT molecular complexity index is 1090. The predicted molar refractivity (Wildman–Crippen MR) is 125 cm³/mol. The lowest BCUT2D eigenvalue weighted by atomic mass is 9.94. The third-order valence-corrected chi connectivity index (χ3v) is 7.40. The van der Waals surface area contributed by atoms with Gasteiger partial charge in [0.1, 0.15) is 10.6 Å². The Balaban J connectivity index is 1.79. The van der Waals surface area contributed by atoms with Crippen LogP contribution >= 0.6 is 0 Å². The number of methoxy groups -OCH3 is 1. The lowest BCUT2D eigenvalue weighted by Crippen LogP contribution is -2.42. The molecule has 2 aromatic rings. The van der Waals surface area contributed by atoms with Crippen LogP contribution in [0.5, 0.6) is 5.75 Å². The Morgan fingerprint density at radius 2 is 1.70 bits per heavy atom. The van der Waals surface area contributed by atoms with Gasteiger partial charge in [-0.15, -0.1) is 0 Å². The molecular formula is C24H30N2O6S. The number of benzene rings is 2. The minimum Gasteiger partial charge on any atom is -0.495 e. The molecule has 9 heteroatoms. The monoisotopic (exact) mass is 474 g/mol. The molecule has 1 saturated heterocycles. The van der Waals surface area contributed by atoms with Gasteiger partial charge in [-0.1, -0.05) is 32.0 Å². The number of hydrogen-bond acceptors (Lipinski definition) is 6. The van der Waals surface area contributed by atoms with Crippen LogP contribution in [0.2, 0.25) is 0 Å². The van der Waals surface area contributed by atoms with Crippen LogP contribution in [-0.4, -0.2) is 50.9 Å². The van der Waals surface area contributed by atoms with E-state index in [2.05, 4.69) is 5.32 Å². The molecule has 8 nitrogen and oxygen atoms in total. The molecule has 3 rings (SSSR count). The largest absolute Gasteiger partial charge is 0.495 e. The molecule has 1 fully saturated rings. The topological polar surface area (TPSA) is 102 Å². The first kappa shape index (κ1) is 24.7. The third-order valence-electron chi connectivity index (χ3n) is 5.55.